The van der Waals surface area contributed by atoms with Crippen molar-refractivity contribution in [2.45, 2.75) is 23.3 Å². The molecule has 3 rings (SSSR count). The Labute approximate surface area is 105 Å². The molecule has 1 aliphatic carbocycles. The Morgan fingerprint density at radius 1 is 1.33 bits per heavy atom. The first-order chi connectivity index (χ1) is 8.49. The molecular weight excluding hydrogens is 254 g/mol. The van der Waals surface area contributed by atoms with E-state index in [1.807, 2.05) is 0 Å². The van der Waals surface area contributed by atoms with E-state index < -0.39 is 21.5 Å². The van der Waals surface area contributed by atoms with Crippen molar-refractivity contribution < 1.29 is 18.3 Å². The van der Waals surface area contributed by atoms with Crippen LogP contribution in [0, 0.1) is 5.92 Å². The fourth-order valence-corrected chi connectivity index (χ4v) is 4.69. The highest BCUT2D eigenvalue weighted by atomic mass is 32.2. The summed E-state index contributed by atoms with van der Waals surface area (Å²) in [4.78, 5) is 11.5. The normalized spacial score (nSPS) is 31.0. The highest BCUT2D eigenvalue weighted by Gasteiger charge is 2.70. The first-order valence-electron chi connectivity index (χ1n) is 5.81. The van der Waals surface area contributed by atoms with E-state index in [9.17, 15) is 18.3 Å². The van der Waals surface area contributed by atoms with E-state index in [2.05, 4.69) is 0 Å². The molecule has 96 valence electrons. The van der Waals surface area contributed by atoms with Gasteiger partial charge in [0.05, 0.1) is 4.90 Å². The van der Waals surface area contributed by atoms with Crippen molar-refractivity contribution >= 4 is 16.0 Å². The monoisotopic (exact) mass is 267 g/mol. The van der Waals surface area contributed by atoms with E-state index in [0.29, 0.717) is 19.4 Å². The average Bonchev–Trinajstić information content (AvgIpc) is 2.96. The van der Waals surface area contributed by atoms with E-state index in [0.717, 1.165) is 0 Å². The minimum absolute atomic E-state index is 0.0199. The molecule has 2 atom stereocenters. The highest BCUT2D eigenvalue weighted by molar-refractivity contribution is 7.89. The van der Waals surface area contributed by atoms with Crippen LogP contribution in [0.2, 0.25) is 0 Å². The zero-order valence-electron chi connectivity index (χ0n) is 9.61. The van der Waals surface area contributed by atoms with Crippen LogP contribution >= 0.6 is 0 Å². The fourth-order valence-electron chi connectivity index (χ4n) is 2.86. The zero-order chi connectivity index (χ0) is 13.0. The molecule has 0 bridgehead atoms. The lowest BCUT2D eigenvalue weighted by Crippen LogP contribution is -2.45. The van der Waals surface area contributed by atoms with Gasteiger partial charge < -0.3 is 5.11 Å². The molecule has 1 N–H and O–H groups in total. The molecule has 0 radical (unpaired) electrons. The average molecular weight is 267 g/mol. The number of carboxylic acids is 1. The molecule has 2 aliphatic rings. The minimum Gasteiger partial charge on any atom is -0.480 e. The van der Waals surface area contributed by atoms with Crippen LogP contribution in [-0.4, -0.2) is 35.9 Å². The van der Waals surface area contributed by atoms with Crippen LogP contribution in [0.3, 0.4) is 0 Å². The maximum Gasteiger partial charge on any atom is 0.325 e. The predicted octanol–water partition coefficient (Wildman–Crippen LogP) is 0.924. The topological polar surface area (TPSA) is 74.7 Å². The van der Waals surface area contributed by atoms with Crippen molar-refractivity contribution in [2.75, 3.05) is 6.54 Å². The van der Waals surface area contributed by atoms with Crippen LogP contribution < -0.4 is 0 Å². The zero-order valence-corrected chi connectivity index (χ0v) is 10.4. The predicted molar refractivity (Wildman–Crippen MR) is 63.4 cm³/mol. The maximum atomic E-state index is 12.4. The first-order valence-corrected chi connectivity index (χ1v) is 7.25. The van der Waals surface area contributed by atoms with Gasteiger partial charge in [-0.05, 0) is 30.9 Å². The number of fused-ring (bicyclic) bond motifs is 1. The maximum absolute atomic E-state index is 12.4. The molecule has 1 aromatic rings. The summed E-state index contributed by atoms with van der Waals surface area (Å²) in [6.45, 7) is 0.300. The van der Waals surface area contributed by atoms with Crippen molar-refractivity contribution in [1.29, 1.82) is 0 Å². The molecule has 1 saturated heterocycles. The van der Waals surface area contributed by atoms with Gasteiger partial charge in [0, 0.05) is 6.54 Å². The van der Waals surface area contributed by atoms with Crippen LogP contribution in [0.1, 0.15) is 12.8 Å². The van der Waals surface area contributed by atoms with E-state index in [1.165, 1.54) is 16.4 Å². The summed E-state index contributed by atoms with van der Waals surface area (Å²) in [7, 11) is -3.70. The highest BCUT2D eigenvalue weighted by Crippen LogP contribution is 2.57. The second kappa shape index (κ2) is 3.55. The Morgan fingerprint density at radius 2 is 2.00 bits per heavy atom. The van der Waals surface area contributed by atoms with Crippen LogP contribution in [0.4, 0.5) is 0 Å². The molecule has 1 saturated carbocycles. The van der Waals surface area contributed by atoms with Crippen molar-refractivity contribution in [3.63, 3.8) is 0 Å². The number of carbonyl (C=O) groups is 1. The summed E-state index contributed by atoms with van der Waals surface area (Å²) in [5.41, 5.74) is -1.17. The number of hydrogen-bond acceptors (Lipinski definition) is 3. The number of piperidine rings is 1. The molecule has 1 aromatic carbocycles. The number of aliphatic carboxylic acids is 1. The largest absolute Gasteiger partial charge is 0.480 e. The third-order valence-electron chi connectivity index (χ3n) is 3.90. The Hall–Kier alpha value is -1.40. The van der Waals surface area contributed by atoms with Crippen molar-refractivity contribution in [3.8, 4) is 0 Å². The molecule has 2 unspecified atom stereocenters. The van der Waals surface area contributed by atoms with E-state index in [-0.39, 0.29) is 10.8 Å². The molecule has 1 aliphatic heterocycles. The van der Waals surface area contributed by atoms with E-state index in [4.69, 9.17) is 0 Å². The Kier molecular flexibility index (Phi) is 2.30. The number of hydrogen-bond donors (Lipinski definition) is 1. The summed E-state index contributed by atoms with van der Waals surface area (Å²) in [5.74, 6) is -1.04. The lowest BCUT2D eigenvalue weighted by atomic mass is 10.2. The summed E-state index contributed by atoms with van der Waals surface area (Å²) in [5, 5.41) is 9.29. The lowest BCUT2D eigenvalue weighted by Gasteiger charge is -2.24. The van der Waals surface area contributed by atoms with Gasteiger partial charge in [-0.2, -0.15) is 4.31 Å². The van der Waals surface area contributed by atoms with Gasteiger partial charge in [-0.25, -0.2) is 8.42 Å². The van der Waals surface area contributed by atoms with Gasteiger partial charge in [0.25, 0.3) is 0 Å². The van der Waals surface area contributed by atoms with Crippen LogP contribution in [0.15, 0.2) is 35.2 Å². The van der Waals surface area contributed by atoms with Gasteiger partial charge in [0.15, 0.2) is 0 Å². The van der Waals surface area contributed by atoms with Gasteiger partial charge in [-0.15, -0.1) is 0 Å². The summed E-state index contributed by atoms with van der Waals surface area (Å²) >= 11 is 0. The van der Waals surface area contributed by atoms with Crippen molar-refractivity contribution in [2.24, 2.45) is 5.92 Å². The minimum atomic E-state index is -3.70. The molecule has 5 nitrogen and oxygen atoms in total. The second-order valence-electron chi connectivity index (χ2n) is 4.81. The summed E-state index contributed by atoms with van der Waals surface area (Å²) in [6, 6.07) is 8.01. The molecule has 0 spiro atoms. The Morgan fingerprint density at radius 3 is 2.56 bits per heavy atom. The SMILES string of the molecule is O=C(O)C12CC1CCN2S(=O)(=O)c1ccccc1. The number of nitrogens with zero attached hydrogens (tertiary/aromatic N) is 1. The Balaban J connectivity index is 2.04. The number of sulfonamides is 1. The standard InChI is InChI=1S/C12H13NO4S/c14-11(15)12-8-9(12)6-7-13(12)18(16,17)10-4-2-1-3-5-10/h1-5,9H,6-8H2,(H,14,15). The number of carboxylic acid groups (broad SMARTS) is 1. The fraction of sp³-hybridized carbons (Fsp3) is 0.417. The quantitative estimate of drug-likeness (QED) is 0.883. The van der Waals surface area contributed by atoms with Gasteiger partial charge in [0.1, 0.15) is 5.54 Å². The van der Waals surface area contributed by atoms with Gasteiger partial charge in [0.2, 0.25) is 10.0 Å². The van der Waals surface area contributed by atoms with Crippen molar-refractivity contribution in [1.82, 2.24) is 4.31 Å². The smallest absolute Gasteiger partial charge is 0.325 e. The van der Waals surface area contributed by atoms with Crippen LogP contribution in [0.5, 0.6) is 0 Å². The molecule has 0 amide bonds. The van der Waals surface area contributed by atoms with Crippen LogP contribution in [0.25, 0.3) is 0 Å². The summed E-state index contributed by atoms with van der Waals surface area (Å²) in [6.07, 6.45) is 1.08. The van der Waals surface area contributed by atoms with E-state index in [1.54, 1.807) is 18.2 Å². The van der Waals surface area contributed by atoms with Crippen LogP contribution in [-0.2, 0) is 14.8 Å². The lowest BCUT2D eigenvalue weighted by molar-refractivity contribution is -0.142. The van der Waals surface area contributed by atoms with Crippen molar-refractivity contribution in [3.05, 3.63) is 30.3 Å². The summed E-state index contributed by atoms with van der Waals surface area (Å²) < 4.78 is 26.1. The van der Waals surface area contributed by atoms with Gasteiger partial charge >= 0.3 is 5.97 Å². The number of rotatable bonds is 3. The number of benzene rings is 1. The van der Waals surface area contributed by atoms with E-state index >= 15 is 0 Å². The van der Waals surface area contributed by atoms with Gasteiger partial charge in [-0.3, -0.25) is 4.79 Å². The molecular formula is C12H13NO4S. The molecule has 2 fully saturated rings. The Bertz CT molecular complexity index is 598. The molecule has 18 heavy (non-hydrogen) atoms. The third-order valence-corrected chi connectivity index (χ3v) is 5.86. The first kappa shape index (κ1) is 11.7. The molecule has 6 heteroatoms. The molecule has 1 heterocycles. The second-order valence-corrected chi connectivity index (χ2v) is 6.67. The third kappa shape index (κ3) is 1.36. The van der Waals surface area contributed by atoms with Gasteiger partial charge in [-0.1, -0.05) is 18.2 Å². The molecule has 0 aromatic heterocycles.